The third kappa shape index (κ3) is 4.75. The minimum absolute atomic E-state index is 0.245. The summed E-state index contributed by atoms with van der Waals surface area (Å²) in [6.45, 7) is 1.91. The van der Waals surface area contributed by atoms with E-state index in [0.717, 1.165) is 9.13 Å². The van der Waals surface area contributed by atoms with Gasteiger partial charge in [0, 0.05) is 24.9 Å². The number of rotatable bonds is 6. The number of nitrogens with zero attached hydrogens (tertiary/aromatic N) is 2. The minimum Gasteiger partial charge on any atom is -0.493 e. The number of carbonyl (C=O) groups excluding carboxylic acids is 2. The zero-order valence-electron chi connectivity index (χ0n) is 15.1. The number of hydrogen-bond donors (Lipinski definition) is 2. The monoisotopic (exact) mass is 376 g/mol. The van der Waals surface area contributed by atoms with E-state index in [1.807, 2.05) is 6.92 Å². The Kier molecular flexibility index (Phi) is 6.36. The van der Waals surface area contributed by atoms with Crippen LogP contribution < -0.4 is 31.6 Å². The molecule has 0 aliphatic carbocycles. The van der Waals surface area contributed by atoms with Crippen molar-refractivity contribution in [1.29, 1.82) is 0 Å². The summed E-state index contributed by atoms with van der Waals surface area (Å²) in [5.74, 6) is -0.332. The predicted molar refractivity (Wildman–Crippen MR) is 95.7 cm³/mol. The summed E-state index contributed by atoms with van der Waals surface area (Å²) in [6, 6.07) is 5.75. The standard InChI is InChI=1S/C17H20N4O6/c1-4-27-12-6-5-11(9-13(12)26-3)16(24)19-18-14(22)10-21-8-7-15(23)20(2)17(21)25/h5-9H,4,10H2,1-3H3,(H,18,22)(H,19,24). The van der Waals surface area contributed by atoms with Gasteiger partial charge in [0.05, 0.1) is 13.7 Å². The highest BCUT2D eigenvalue weighted by Gasteiger charge is 2.13. The summed E-state index contributed by atoms with van der Waals surface area (Å²) in [5, 5.41) is 0. The average Bonchev–Trinajstić information content (AvgIpc) is 2.67. The number of methoxy groups -OCH3 is 1. The molecule has 1 heterocycles. The van der Waals surface area contributed by atoms with Crippen LogP contribution in [0, 0.1) is 0 Å². The molecule has 2 amide bonds. The van der Waals surface area contributed by atoms with E-state index in [9.17, 15) is 19.2 Å². The Bertz CT molecular complexity index is 963. The van der Waals surface area contributed by atoms with E-state index < -0.39 is 23.1 Å². The first kappa shape index (κ1) is 19.8. The summed E-state index contributed by atoms with van der Waals surface area (Å²) >= 11 is 0. The number of amides is 2. The van der Waals surface area contributed by atoms with E-state index in [2.05, 4.69) is 10.9 Å². The molecule has 2 N–H and O–H groups in total. The molecule has 10 nitrogen and oxygen atoms in total. The van der Waals surface area contributed by atoms with E-state index in [1.54, 1.807) is 6.07 Å². The Morgan fingerprint density at radius 1 is 1.11 bits per heavy atom. The first-order chi connectivity index (χ1) is 12.9. The Labute approximate surface area is 154 Å². The molecule has 0 fully saturated rings. The first-order valence-corrected chi connectivity index (χ1v) is 8.03. The summed E-state index contributed by atoms with van der Waals surface area (Å²) < 4.78 is 12.5. The molecule has 0 aliphatic heterocycles. The third-order valence-corrected chi connectivity index (χ3v) is 3.62. The summed E-state index contributed by atoms with van der Waals surface area (Å²) in [5.41, 5.74) is 3.59. The minimum atomic E-state index is -0.639. The normalized spacial score (nSPS) is 10.2. The van der Waals surface area contributed by atoms with Gasteiger partial charge in [0.15, 0.2) is 11.5 Å². The molecular formula is C17H20N4O6. The molecule has 2 aromatic rings. The van der Waals surface area contributed by atoms with Gasteiger partial charge in [-0.25, -0.2) is 4.79 Å². The molecule has 0 atom stereocenters. The largest absolute Gasteiger partial charge is 0.493 e. The van der Waals surface area contributed by atoms with Gasteiger partial charge in [-0.3, -0.25) is 34.4 Å². The smallest absolute Gasteiger partial charge is 0.331 e. The van der Waals surface area contributed by atoms with Crippen molar-refractivity contribution in [1.82, 2.24) is 20.0 Å². The van der Waals surface area contributed by atoms with Gasteiger partial charge in [-0.15, -0.1) is 0 Å². The van der Waals surface area contributed by atoms with E-state index in [0.29, 0.717) is 18.1 Å². The molecule has 10 heteroatoms. The van der Waals surface area contributed by atoms with Crippen LogP contribution in [0.5, 0.6) is 11.5 Å². The number of nitrogens with one attached hydrogen (secondary N) is 2. The van der Waals surface area contributed by atoms with Crippen LogP contribution in [0.25, 0.3) is 0 Å². The molecule has 2 rings (SSSR count). The molecule has 0 aliphatic rings. The molecule has 1 aromatic heterocycles. The van der Waals surface area contributed by atoms with Crippen molar-refractivity contribution < 1.29 is 19.1 Å². The SMILES string of the molecule is CCOc1ccc(C(=O)NNC(=O)Cn2ccc(=O)n(C)c2=O)cc1OC. The Balaban J connectivity index is 2.01. The van der Waals surface area contributed by atoms with Crippen molar-refractivity contribution in [2.24, 2.45) is 7.05 Å². The van der Waals surface area contributed by atoms with Gasteiger partial charge in [0.2, 0.25) is 0 Å². The van der Waals surface area contributed by atoms with Gasteiger partial charge >= 0.3 is 5.69 Å². The van der Waals surface area contributed by atoms with Crippen LogP contribution in [-0.2, 0) is 18.4 Å². The van der Waals surface area contributed by atoms with Crippen molar-refractivity contribution in [3.8, 4) is 11.5 Å². The molecular weight excluding hydrogens is 356 g/mol. The van der Waals surface area contributed by atoms with Crippen LogP contribution in [0.1, 0.15) is 17.3 Å². The Hall–Kier alpha value is -3.56. The van der Waals surface area contributed by atoms with Crippen LogP contribution >= 0.6 is 0 Å². The van der Waals surface area contributed by atoms with Gasteiger partial charge in [0.25, 0.3) is 17.4 Å². The van der Waals surface area contributed by atoms with Crippen molar-refractivity contribution in [3.05, 3.63) is 56.9 Å². The molecule has 144 valence electrons. The van der Waals surface area contributed by atoms with Gasteiger partial charge in [0.1, 0.15) is 6.54 Å². The average molecular weight is 376 g/mol. The Morgan fingerprint density at radius 2 is 1.85 bits per heavy atom. The molecule has 0 spiro atoms. The zero-order chi connectivity index (χ0) is 20.0. The topological polar surface area (TPSA) is 121 Å². The summed E-state index contributed by atoms with van der Waals surface area (Å²) in [6.07, 6.45) is 1.21. The van der Waals surface area contributed by atoms with Gasteiger partial charge in [-0.05, 0) is 25.1 Å². The quantitative estimate of drug-likeness (QED) is 0.651. The van der Waals surface area contributed by atoms with Crippen LogP contribution in [0.4, 0.5) is 0 Å². The molecule has 0 saturated heterocycles. The molecule has 0 radical (unpaired) electrons. The van der Waals surface area contributed by atoms with Crippen LogP contribution in [0.3, 0.4) is 0 Å². The van der Waals surface area contributed by atoms with Crippen molar-refractivity contribution >= 4 is 11.8 Å². The highest BCUT2D eigenvalue weighted by molar-refractivity contribution is 5.96. The zero-order valence-corrected chi connectivity index (χ0v) is 15.1. The number of hydrogen-bond acceptors (Lipinski definition) is 6. The lowest BCUT2D eigenvalue weighted by atomic mass is 10.2. The second-order valence-electron chi connectivity index (χ2n) is 5.42. The second kappa shape index (κ2) is 8.70. The molecule has 1 aromatic carbocycles. The van der Waals surface area contributed by atoms with Gasteiger partial charge < -0.3 is 9.47 Å². The first-order valence-electron chi connectivity index (χ1n) is 8.03. The number of aromatic nitrogens is 2. The lowest BCUT2D eigenvalue weighted by Crippen LogP contribution is -2.45. The van der Waals surface area contributed by atoms with E-state index in [-0.39, 0.29) is 12.1 Å². The van der Waals surface area contributed by atoms with E-state index in [1.165, 1.54) is 38.6 Å². The molecule has 27 heavy (non-hydrogen) atoms. The predicted octanol–water partition coefficient (Wildman–Crippen LogP) is -0.584. The number of carbonyl (C=O) groups is 2. The molecule has 0 bridgehead atoms. The highest BCUT2D eigenvalue weighted by atomic mass is 16.5. The maximum absolute atomic E-state index is 12.2. The summed E-state index contributed by atoms with van der Waals surface area (Å²) in [7, 11) is 2.76. The summed E-state index contributed by atoms with van der Waals surface area (Å²) in [4.78, 5) is 47.3. The fourth-order valence-corrected chi connectivity index (χ4v) is 2.21. The number of ether oxygens (including phenoxy) is 2. The van der Waals surface area contributed by atoms with Crippen molar-refractivity contribution in [2.45, 2.75) is 13.5 Å². The Morgan fingerprint density at radius 3 is 2.52 bits per heavy atom. The lowest BCUT2D eigenvalue weighted by molar-refractivity contribution is -0.122. The van der Waals surface area contributed by atoms with Gasteiger partial charge in [-0.1, -0.05) is 0 Å². The maximum atomic E-state index is 12.2. The van der Waals surface area contributed by atoms with E-state index >= 15 is 0 Å². The fraction of sp³-hybridized carbons (Fsp3) is 0.294. The van der Waals surface area contributed by atoms with Crippen LogP contribution in [-0.4, -0.2) is 34.7 Å². The molecule has 0 unspecified atom stereocenters. The maximum Gasteiger partial charge on any atom is 0.331 e. The fourth-order valence-electron chi connectivity index (χ4n) is 2.21. The highest BCUT2D eigenvalue weighted by Crippen LogP contribution is 2.27. The van der Waals surface area contributed by atoms with Crippen molar-refractivity contribution in [2.75, 3.05) is 13.7 Å². The van der Waals surface area contributed by atoms with E-state index in [4.69, 9.17) is 9.47 Å². The van der Waals surface area contributed by atoms with Crippen molar-refractivity contribution in [3.63, 3.8) is 0 Å². The second-order valence-corrected chi connectivity index (χ2v) is 5.42. The number of hydrazine groups is 1. The lowest BCUT2D eigenvalue weighted by Gasteiger charge is -2.12. The molecule has 0 saturated carbocycles. The number of benzene rings is 1. The van der Waals surface area contributed by atoms with Crippen LogP contribution in [0.2, 0.25) is 0 Å². The van der Waals surface area contributed by atoms with Crippen LogP contribution in [0.15, 0.2) is 40.1 Å². The van der Waals surface area contributed by atoms with Gasteiger partial charge in [-0.2, -0.15) is 0 Å². The third-order valence-electron chi connectivity index (χ3n) is 3.62.